The Morgan fingerprint density at radius 1 is 0.746 bits per heavy atom. The van der Waals surface area contributed by atoms with E-state index < -0.39 is 5.41 Å². The van der Waals surface area contributed by atoms with E-state index in [4.69, 9.17) is 6.58 Å². The lowest BCUT2D eigenvalue weighted by molar-refractivity contribution is 0.540. The quantitative estimate of drug-likeness (QED) is 0.156. The lowest BCUT2D eigenvalue weighted by atomic mass is 9.66. The molecule has 1 heterocycles. The molecule has 4 aromatic rings. The van der Waals surface area contributed by atoms with Crippen LogP contribution in [-0.4, -0.2) is 17.3 Å². The van der Waals surface area contributed by atoms with Crippen LogP contribution < -0.4 is 4.90 Å². The topological polar surface area (TPSA) is 3.24 Å². The Bertz CT molecular complexity index is 2650. The van der Waals surface area contributed by atoms with Crippen molar-refractivity contribution in [3.63, 3.8) is 0 Å². The molecule has 0 amide bonds. The molecule has 288 valence electrons. The zero-order valence-electron chi connectivity index (χ0n) is 33.5. The molecule has 0 N–H and O–H groups in total. The monoisotopic (exact) mass is 779 g/mol. The van der Waals surface area contributed by atoms with Crippen molar-refractivity contribution >= 4 is 23.0 Å². The average Bonchev–Trinajstić information content (AvgIpc) is 3.81. The lowest BCUT2D eigenvalue weighted by Crippen LogP contribution is -2.48. The Kier molecular flexibility index (Phi) is 10.0. The van der Waals surface area contributed by atoms with E-state index in [1.54, 1.807) is 0 Å². The summed E-state index contributed by atoms with van der Waals surface area (Å²) in [7, 11) is 0. The third-order valence-corrected chi connectivity index (χ3v) is 14.3. The predicted molar refractivity (Wildman–Crippen MR) is 253 cm³/mol. The molecule has 0 saturated carbocycles. The fraction of sp³-hybridized carbons (Fsp3) is 0.158. The highest BCUT2D eigenvalue weighted by molar-refractivity contribution is 8.00. The smallest absolute Gasteiger partial charge is 0.0711 e. The van der Waals surface area contributed by atoms with Gasteiger partial charge in [-0.2, -0.15) is 0 Å². The maximum Gasteiger partial charge on any atom is 0.0711 e. The van der Waals surface area contributed by atoms with Gasteiger partial charge < -0.3 is 4.90 Å². The molecule has 1 nitrogen and oxygen atoms in total. The second kappa shape index (κ2) is 15.9. The normalized spacial score (nSPS) is 26.2. The fourth-order valence-electron chi connectivity index (χ4n) is 10.4. The summed E-state index contributed by atoms with van der Waals surface area (Å²) in [4.78, 5) is 4.07. The van der Waals surface area contributed by atoms with Gasteiger partial charge in [-0.25, -0.2) is 0 Å². The number of allylic oxidation sites excluding steroid dienone is 15. The average molecular weight is 780 g/mol. The number of hydrogen-bond donors (Lipinski definition) is 0. The van der Waals surface area contributed by atoms with Gasteiger partial charge in [0.1, 0.15) is 0 Å². The van der Waals surface area contributed by atoms with Crippen LogP contribution in [0.25, 0.3) is 16.7 Å². The fourth-order valence-corrected chi connectivity index (χ4v) is 11.7. The van der Waals surface area contributed by atoms with Gasteiger partial charge in [0, 0.05) is 21.8 Å². The standard InChI is InChI=1S/C57H49NS/c1-3-21-53(40(2)42-34-36-50-49-30-18-20-33-55(49)59-56(50)38-42)58(54-32-14-6-4-5-9-22-41-23-15-16-28-46(41)54)45-35-37-48-47-29-17-19-31-51(47)57(52(48)39-45,43-24-10-7-11-25-43)44-26-12-8-13-27-44/h3-7,9-12,14-20,22-37,39,46,53-54,56H,1-2,8,13,21,38H2/b6-4-,9-5-,32-14+,41-22+. The summed E-state index contributed by atoms with van der Waals surface area (Å²) in [6, 6.07) is 36.4. The molecular weight excluding hydrogens is 731 g/mol. The van der Waals surface area contributed by atoms with Crippen LogP contribution in [0.5, 0.6) is 0 Å². The van der Waals surface area contributed by atoms with Crippen molar-refractivity contribution in [2.75, 3.05) is 4.90 Å². The van der Waals surface area contributed by atoms with Gasteiger partial charge in [0.25, 0.3) is 0 Å². The van der Waals surface area contributed by atoms with E-state index in [0.717, 1.165) is 31.3 Å². The van der Waals surface area contributed by atoms with E-state index in [0.29, 0.717) is 5.25 Å². The van der Waals surface area contributed by atoms with Gasteiger partial charge in [-0.15, -0.1) is 18.3 Å². The molecule has 0 radical (unpaired) electrons. The van der Waals surface area contributed by atoms with Crippen molar-refractivity contribution < 1.29 is 0 Å². The molecule has 5 aliphatic carbocycles. The third kappa shape index (κ3) is 6.42. The maximum atomic E-state index is 5.03. The molecule has 1 aliphatic heterocycles. The zero-order valence-corrected chi connectivity index (χ0v) is 34.3. The molecule has 0 saturated heterocycles. The Labute approximate surface area is 354 Å². The molecule has 5 unspecified atom stereocenters. The van der Waals surface area contributed by atoms with E-state index >= 15 is 0 Å². The van der Waals surface area contributed by atoms with Crippen LogP contribution in [0.2, 0.25) is 0 Å². The summed E-state index contributed by atoms with van der Waals surface area (Å²) < 4.78 is 0. The molecule has 5 atom stereocenters. The first-order chi connectivity index (χ1) is 29.2. The number of rotatable bonds is 9. The second-order valence-corrected chi connectivity index (χ2v) is 17.5. The zero-order chi connectivity index (χ0) is 39.8. The predicted octanol–water partition coefficient (Wildman–Crippen LogP) is 14.2. The molecule has 6 aliphatic rings. The number of benzene rings is 4. The van der Waals surface area contributed by atoms with Crippen molar-refractivity contribution in [1.82, 2.24) is 0 Å². The van der Waals surface area contributed by atoms with Crippen LogP contribution in [0.15, 0.2) is 241 Å². The van der Waals surface area contributed by atoms with Gasteiger partial charge in [0.2, 0.25) is 0 Å². The van der Waals surface area contributed by atoms with Crippen molar-refractivity contribution in [3.8, 4) is 11.1 Å². The Balaban J connectivity index is 1.18. The summed E-state index contributed by atoms with van der Waals surface area (Å²) >= 11 is 2.00. The van der Waals surface area contributed by atoms with Crippen LogP contribution in [0.1, 0.15) is 47.9 Å². The van der Waals surface area contributed by atoms with Crippen LogP contribution in [0.3, 0.4) is 0 Å². The highest BCUT2D eigenvalue weighted by atomic mass is 32.2. The largest absolute Gasteiger partial charge is 0.357 e. The summed E-state index contributed by atoms with van der Waals surface area (Å²) in [6.45, 7) is 9.41. The van der Waals surface area contributed by atoms with E-state index in [-0.39, 0.29) is 18.0 Å². The van der Waals surface area contributed by atoms with Gasteiger partial charge in [0.05, 0.1) is 17.5 Å². The summed E-state index contributed by atoms with van der Waals surface area (Å²) in [5.41, 5.74) is 15.2. The number of nitrogens with zero attached hydrogens (tertiary/aromatic N) is 1. The van der Waals surface area contributed by atoms with Gasteiger partial charge in [-0.3, -0.25) is 0 Å². The molecule has 10 rings (SSSR count). The molecule has 59 heavy (non-hydrogen) atoms. The first-order valence-corrected chi connectivity index (χ1v) is 22.0. The Hall–Kier alpha value is -6.09. The van der Waals surface area contributed by atoms with Crippen LogP contribution in [0, 0.1) is 5.92 Å². The highest BCUT2D eigenvalue weighted by Crippen LogP contribution is 2.58. The lowest BCUT2D eigenvalue weighted by Gasteiger charge is -2.44. The molecular formula is C57H49NS. The van der Waals surface area contributed by atoms with Crippen LogP contribution in [-0.2, 0) is 5.41 Å². The van der Waals surface area contributed by atoms with Crippen molar-refractivity contribution in [3.05, 3.63) is 258 Å². The summed E-state index contributed by atoms with van der Waals surface area (Å²) in [6.07, 6.45) is 42.4. The first-order valence-electron chi connectivity index (χ1n) is 21.2. The van der Waals surface area contributed by atoms with Gasteiger partial charge in [0.15, 0.2) is 0 Å². The molecule has 0 fully saturated rings. The van der Waals surface area contributed by atoms with E-state index in [2.05, 4.69) is 212 Å². The van der Waals surface area contributed by atoms with Gasteiger partial charge in [-0.05, 0) is 105 Å². The minimum atomic E-state index is -0.462. The highest BCUT2D eigenvalue weighted by Gasteiger charge is 2.47. The van der Waals surface area contributed by atoms with Crippen LogP contribution >= 0.6 is 11.8 Å². The number of thioether (sulfide) groups is 1. The SMILES string of the molecule is C=CCC(C(=C)C1=CC=C2c3ccccc3SC2C1)N(c1ccc2c(c1)C(C1=CCCC=C1)(c1ccccc1)c1ccccc1-2)C1/C=C/C=C\C=C/C=C2\C=CC=CC21. The summed E-state index contributed by atoms with van der Waals surface area (Å²) in [5.74, 6) is 0.104. The molecule has 0 spiro atoms. The molecule has 0 aromatic heterocycles. The van der Waals surface area contributed by atoms with Crippen molar-refractivity contribution in [1.29, 1.82) is 0 Å². The minimum Gasteiger partial charge on any atom is -0.357 e. The van der Waals surface area contributed by atoms with Gasteiger partial charge >= 0.3 is 0 Å². The minimum absolute atomic E-state index is 0.0255. The summed E-state index contributed by atoms with van der Waals surface area (Å²) in [5, 5.41) is 0.384. The number of fused-ring (bicyclic) bond motifs is 7. The third-order valence-electron chi connectivity index (χ3n) is 13.0. The Morgan fingerprint density at radius 3 is 2.39 bits per heavy atom. The van der Waals surface area contributed by atoms with E-state index in [9.17, 15) is 0 Å². The molecule has 2 heteroatoms. The number of hydrogen-bond acceptors (Lipinski definition) is 2. The molecule has 4 aromatic carbocycles. The van der Waals surface area contributed by atoms with Crippen LogP contribution in [0.4, 0.5) is 5.69 Å². The first kappa shape index (κ1) is 37.2. The van der Waals surface area contributed by atoms with E-state index in [1.165, 1.54) is 66.3 Å². The van der Waals surface area contributed by atoms with Crippen molar-refractivity contribution in [2.24, 2.45) is 5.92 Å². The van der Waals surface area contributed by atoms with E-state index in [1.807, 2.05) is 11.8 Å². The molecule has 0 bridgehead atoms. The number of anilines is 1. The Morgan fingerprint density at radius 2 is 1.53 bits per heavy atom. The maximum absolute atomic E-state index is 5.03. The second-order valence-electron chi connectivity index (χ2n) is 16.2. The van der Waals surface area contributed by atoms with Crippen molar-refractivity contribution in [2.45, 2.75) is 53.3 Å². The van der Waals surface area contributed by atoms with Gasteiger partial charge in [-0.1, -0.05) is 189 Å².